The van der Waals surface area contributed by atoms with Gasteiger partial charge in [0.15, 0.2) is 0 Å². The molecule has 0 heterocycles. The van der Waals surface area contributed by atoms with E-state index in [0.29, 0.717) is 25.7 Å². The molecular weight excluding hydrogens is 456 g/mol. The molecule has 0 aromatic carbocycles. The van der Waals surface area contributed by atoms with Crippen LogP contribution in [0.2, 0.25) is 0 Å². The van der Waals surface area contributed by atoms with Gasteiger partial charge in [-0.1, -0.05) is 37.1 Å². The molecule has 2 aliphatic rings. The third-order valence-electron chi connectivity index (χ3n) is 6.86. The van der Waals surface area contributed by atoms with Gasteiger partial charge >= 0.3 is 0 Å². The monoisotopic (exact) mass is 494 g/mol. The van der Waals surface area contributed by atoms with Crippen LogP contribution in [0.5, 0.6) is 0 Å². The molecule has 0 aromatic heterocycles. The van der Waals surface area contributed by atoms with E-state index in [9.17, 15) is 29.4 Å². The second-order valence-corrected chi connectivity index (χ2v) is 10.4. The van der Waals surface area contributed by atoms with Crippen LogP contribution in [-0.2, 0) is 19.2 Å². The van der Waals surface area contributed by atoms with Crippen LogP contribution in [-0.4, -0.2) is 33.3 Å². The normalized spacial score (nSPS) is 18.8. The zero-order valence-corrected chi connectivity index (χ0v) is 22.7. The minimum atomic E-state index is -0.789. The maximum absolute atomic E-state index is 13.0. The molecule has 0 radical (unpaired) electrons. The standard InChI is InChI=1S/C30H38O6/c1-15(2)11-9-13-17(5)21-27(33)23(19(7)25(31)29(21)35)24-20(8)26(32)30(36)22(28(24)34)18(6)14-10-12-16(3)4/h11-12,17-18,33-34H,9-10,13-14H2,1-8H3. The lowest BCUT2D eigenvalue weighted by molar-refractivity contribution is -0.133. The molecule has 2 atom stereocenters. The molecule has 6 nitrogen and oxygen atoms in total. The van der Waals surface area contributed by atoms with Crippen molar-refractivity contribution in [2.75, 3.05) is 0 Å². The molecule has 0 spiro atoms. The number of rotatable bonds is 9. The van der Waals surface area contributed by atoms with Crippen LogP contribution < -0.4 is 0 Å². The minimum absolute atomic E-state index is 0.0293. The van der Waals surface area contributed by atoms with Crippen molar-refractivity contribution in [1.29, 1.82) is 0 Å². The van der Waals surface area contributed by atoms with E-state index in [1.807, 2.05) is 39.8 Å². The molecule has 2 unspecified atom stereocenters. The van der Waals surface area contributed by atoms with Gasteiger partial charge in [0.2, 0.25) is 23.1 Å². The van der Waals surface area contributed by atoms with E-state index < -0.39 is 46.5 Å². The lowest BCUT2D eigenvalue weighted by Crippen LogP contribution is -2.33. The molecule has 0 fully saturated rings. The van der Waals surface area contributed by atoms with Gasteiger partial charge in [-0.3, -0.25) is 19.2 Å². The lowest BCUT2D eigenvalue weighted by Gasteiger charge is -2.28. The summed E-state index contributed by atoms with van der Waals surface area (Å²) in [4.78, 5) is 51.7. The Labute approximate surface area is 213 Å². The Balaban J connectivity index is 2.67. The molecule has 0 saturated carbocycles. The van der Waals surface area contributed by atoms with Gasteiger partial charge in [0, 0.05) is 33.4 Å². The van der Waals surface area contributed by atoms with E-state index in [1.54, 1.807) is 13.8 Å². The summed E-state index contributed by atoms with van der Waals surface area (Å²) in [7, 11) is 0. The van der Waals surface area contributed by atoms with Crippen LogP contribution in [0.4, 0.5) is 0 Å². The molecule has 0 amide bonds. The van der Waals surface area contributed by atoms with Crippen LogP contribution >= 0.6 is 0 Å². The van der Waals surface area contributed by atoms with Crippen LogP contribution in [0.3, 0.4) is 0 Å². The van der Waals surface area contributed by atoms with Gasteiger partial charge in [-0.15, -0.1) is 0 Å². The van der Waals surface area contributed by atoms with Crippen molar-refractivity contribution in [2.24, 2.45) is 11.8 Å². The van der Waals surface area contributed by atoms with E-state index >= 15 is 0 Å². The highest BCUT2D eigenvalue weighted by Crippen LogP contribution is 2.41. The summed E-state index contributed by atoms with van der Waals surface area (Å²) in [5.41, 5.74) is 1.97. The average Bonchev–Trinajstić information content (AvgIpc) is 2.78. The molecule has 0 aliphatic heterocycles. The topological polar surface area (TPSA) is 109 Å². The van der Waals surface area contributed by atoms with E-state index in [4.69, 9.17) is 0 Å². The zero-order chi connectivity index (χ0) is 27.5. The molecule has 0 saturated heterocycles. The quantitative estimate of drug-likeness (QED) is 0.221. The highest BCUT2D eigenvalue weighted by Gasteiger charge is 2.42. The van der Waals surface area contributed by atoms with E-state index in [1.165, 1.54) is 13.8 Å². The van der Waals surface area contributed by atoms with Crippen molar-refractivity contribution < 1.29 is 29.4 Å². The molecular formula is C30H38O6. The summed E-state index contributed by atoms with van der Waals surface area (Å²) in [6, 6.07) is 0. The average molecular weight is 495 g/mol. The summed E-state index contributed by atoms with van der Waals surface area (Å²) in [6.45, 7) is 14.2. The third-order valence-corrected chi connectivity index (χ3v) is 6.86. The maximum atomic E-state index is 13.0. The molecule has 2 rings (SSSR count). The number of aliphatic hydroxyl groups excluding tert-OH is 2. The predicted molar refractivity (Wildman–Crippen MR) is 140 cm³/mol. The lowest BCUT2D eigenvalue weighted by atomic mass is 9.74. The van der Waals surface area contributed by atoms with Gasteiger partial charge in [-0.25, -0.2) is 0 Å². The van der Waals surface area contributed by atoms with Crippen LogP contribution in [0.1, 0.15) is 81.1 Å². The maximum Gasteiger partial charge on any atom is 0.233 e. The first-order valence-electron chi connectivity index (χ1n) is 12.5. The first kappa shape index (κ1) is 29.0. The number of ketones is 4. The van der Waals surface area contributed by atoms with Gasteiger partial charge in [-0.2, -0.15) is 0 Å². The highest BCUT2D eigenvalue weighted by molar-refractivity contribution is 6.52. The Hall–Kier alpha value is -3.28. The molecule has 0 aromatic rings. The first-order valence-corrected chi connectivity index (χ1v) is 12.5. The van der Waals surface area contributed by atoms with Crippen LogP contribution in [0.25, 0.3) is 0 Å². The van der Waals surface area contributed by atoms with E-state index in [-0.39, 0.29) is 33.4 Å². The number of hydrogen-bond acceptors (Lipinski definition) is 6. The second-order valence-electron chi connectivity index (χ2n) is 10.4. The van der Waals surface area contributed by atoms with Gasteiger partial charge < -0.3 is 10.2 Å². The fourth-order valence-corrected chi connectivity index (χ4v) is 4.71. The van der Waals surface area contributed by atoms with Gasteiger partial charge in [0.25, 0.3) is 0 Å². The van der Waals surface area contributed by atoms with E-state index in [0.717, 1.165) is 11.1 Å². The molecule has 36 heavy (non-hydrogen) atoms. The van der Waals surface area contributed by atoms with Crippen molar-refractivity contribution in [2.45, 2.75) is 81.1 Å². The third kappa shape index (κ3) is 5.75. The fourth-order valence-electron chi connectivity index (χ4n) is 4.71. The number of aliphatic hydroxyl groups is 2. The van der Waals surface area contributed by atoms with Gasteiger partial charge in [0.05, 0.1) is 0 Å². The van der Waals surface area contributed by atoms with Gasteiger partial charge in [-0.05, 0) is 79.1 Å². The largest absolute Gasteiger partial charge is 0.507 e. The molecule has 0 bridgehead atoms. The number of hydrogen-bond donors (Lipinski definition) is 2. The highest BCUT2D eigenvalue weighted by atomic mass is 16.3. The van der Waals surface area contributed by atoms with Crippen molar-refractivity contribution in [1.82, 2.24) is 0 Å². The Morgan fingerprint density at radius 2 is 0.944 bits per heavy atom. The van der Waals surface area contributed by atoms with Crippen molar-refractivity contribution >= 4 is 23.1 Å². The SMILES string of the molecule is CC(C)=CCCC(C)C1=C(O)C(C2=C(C)C(=O)C(=O)C(C(C)CCC=C(C)C)=C2O)=C(C)C(=O)C1=O. The van der Waals surface area contributed by atoms with Crippen molar-refractivity contribution in [3.8, 4) is 0 Å². The summed E-state index contributed by atoms with van der Waals surface area (Å²) in [6.07, 6.45) is 6.40. The second kappa shape index (κ2) is 11.6. The van der Waals surface area contributed by atoms with Gasteiger partial charge in [0.1, 0.15) is 11.5 Å². The molecule has 2 N–H and O–H groups in total. The smallest absolute Gasteiger partial charge is 0.233 e. The predicted octanol–water partition coefficient (Wildman–Crippen LogP) is 6.31. The minimum Gasteiger partial charge on any atom is -0.507 e. The van der Waals surface area contributed by atoms with Crippen molar-refractivity contribution in [3.63, 3.8) is 0 Å². The molecule has 2 aliphatic carbocycles. The number of carbonyl (C=O) groups excluding carboxylic acids is 4. The number of allylic oxidation sites excluding steroid dienone is 10. The number of Topliss-reactive ketones (excluding diaryl/α,β-unsaturated/α-hetero) is 4. The summed E-state index contributed by atoms with van der Waals surface area (Å²) in [5, 5.41) is 22.6. The van der Waals surface area contributed by atoms with Crippen LogP contribution in [0, 0.1) is 11.8 Å². The summed E-state index contributed by atoms with van der Waals surface area (Å²) < 4.78 is 0. The van der Waals surface area contributed by atoms with E-state index in [2.05, 4.69) is 0 Å². The summed E-state index contributed by atoms with van der Waals surface area (Å²) >= 11 is 0. The van der Waals surface area contributed by atoms with Crippen molar-refractivity contribution in [3.05, 3.63) is 68.3 Å². The number of carbonyl (C=O) groups is 4. The zero-order valence-electron chi connectivity index (χ0n) is 22.7. The summed E-state index contributed by atoms with van der Waals surface area (Å²) in [5.74, 6) is -4.85. The Kier molecular flexibility index (Phi) is 9.36. The Bertz CT molecular complexity index is 1090. The Morgan fingerprint density at radius 1 is 0.639 bits per heavy atom. The Morgan fingerprint density at radius 3 is 1.22 bits per heavy atom. The fraction of sp³-hybridized carbons (Fsp3) is 0.467. The molecule has 6 heteroatoms. The van der Waals surface area contributed by atoms with Crippen LogP contribution in [0.15, 0.2) is 68.3 Å². The molecule has 194 valence electrons. The first-order chi connectivity index (χ1) is 16.7.